The van der Waals surface area contributed by atoms with Gasteiger partial charge in [-0.3, -0.25) is 4.98 Å². The zero-order valence-electron chi connectivity index (χ0n) is 9.69. The molecular formula is C12H18BrN3. The van der Waals surface area contributed by atoms with E-state index in [9.17, 15) is 0 Å². The number of anilines is 1. The maximum atomic E-state index is 4.48. The molecule has 0 N–H and O–H groups in total. The number of halogens is 1. The van der Waals surface area contributed by atoms with Crippen LogP contribution in [-0.2, 0) is 0 Å². The number of alkyl halides is 1. The summed E-state index contributed by atoms with van der Waals surface area (Å²) in [6, 6.07) is 0.567. The van der Waals surface area contributed by atoms with Crippen LogP contribution in [0.2, 0.25) is 0 Å². The van der Waals surface area contributed by atoms with Crippen molar-refractivity contribution in [2.45, 2.75) is 38.6 Å². The molecule has 1 aliphatic heterocycles. The molecule has 16 heavy (non-hydrogen) atoms. The average molecular weight is 284 g/mol. The van der Waals surface area contributed by atoms with E-state index in [0.29, 0.717) is 6.04 Å². The van der Waals surface area contributed by atoms with Gasteiger partial charge in [0.05, 0.1) is 5.69 Å². The van der Waals surface area contributed by atoms with Crippen molar-refractivity contribution >= 4 is 21.7 Å². The normalized spacial score (nSPS) is 21.9. The molecule has 1 aromatic heterocycles. The maximum Gasteiger partial charge on any atom is 0.150 e. The molecular weight excluding hydrogens is 266 g/mol. The Morgan fingerprint density at radius 1 is 1.31 bits per heavy atom. The van der Waals surface area contributed by atoms with Crippen LogP contribution in [0.1, 0.15) is 31.4 Å². The highest BCUT2D eigenvalue weighted by Gasteiger charge is 2.22. The van der Waals surface area contributed by atoms with Crippen molar-refractivity contribution < 1.29 is 0 Å². The number of aromatic nitrogens is 2. The summed E-state index contributed by atoms with van der Waals surface area (Å²) in [4.78, 5) is 11.2. The van der Waals surface area contributed by atoms with Crippen LogP contribution in [0.4, 0.5) is 5.82 Å². The van der Waals surface area contributed by atoms with Crippen molar-refractivity contribution in [1.29, 1.82) is 0 Å². The molecule has 1 aromatic rings. The summed E-state index contributed by atoms with van der Waals surface area (Å²) in [5.74, 6) is 1.06. The van der Waals surface area contributed by atoms with Gasteiger partial charge in [-0.05, 0) is 19.8 Å². The Kier molecular flexibility index (Phi) is 4.16. The van der Waals surface area contributed by atoms with Crippen LogP contribution in [0.3, 0.4) is 0 Å². The summed E-state index contributed by atoms with van der Waals surface area (Å²) < 4.78 is 0. The average Bonchev–Trinajstić information content (AvgIpc) is 2.54. The molecule has 0 saturated carbocycles. The molecule has 1 saturated heterocycles. The van der Waals surface area contributed by atoms with Crippen LogP contribution in [0.15, 0.2) is 12.4 Å². The zero-order chi connectivity index (χ0) is 11.4. The van der Waals surface area contributed by atoms with E-state index in [2.05, 4.69) is 30.8 Å². The molecule has 0 bridgehead atoms. The van der Waals surface area contributed by atoms with E-state index in [0.717, 1.165) is 23.4 Å². The van der Waals surface area contributed by atoms with E-state index >= 15 is 0 Å². The summed E-state index contributed by atoms with van der Waals surface area (Å²) in [6.07, 6.45) is 8.73. The van der Waals surface area contributed by atoms with Crippen molar-refractivity contribution in [2.75, 3.05) is 16.8 Å². The number of hydrogen-bond acceptors (Lipinski definition) is 3. The SMILES string of the molecule is Cc1nccnc1N1CCCCCC1CBr. The second kappa shape index (κ2) is 5.62. The lowest BCUT2D eigenvalue weighted by molar-refractivity contribution is 0.619. The van der Waals surface area contributed by atoms with Gasteiger partial charge < -0.3 is 4.90 Å². The largest absolute Gasteiger partial charge is 0.351 e. The molecule has 0 spiro atoms. The van der Waals surface area contributed by atoms with Crippen molar-refractivity contribution in [3.05, 3.63) is 18.1 Å². The predicted octanol–water partition coefficient (Wildman–Crippen LogP) is 2.93. The van der Waals surface area contributed by atoms with Crippen LogP contribution >= 0.6 is 15.9 Å². The Bertz CT molecular complexity index is 343. The van der Waals surface area contributed by atoms with Crippen LogP contribution in [0.25, 0.3) is 0 Å². The number of aryl methyl sites for hydroxylation is 1. The minimum Gasteiger partial charge on any atom is -0.351 e. The fraction of sp³-hybridized carbons (Fsp3) is 0.667. The first-order chi connectivity index (χ1) is 7.83. The zero-order valence-corrected chi connectivity index (χ0v) is 11.3. The summed E-state index contributed by atoms with van der Waals surface area (Å²) >= 11 is 3.62. The van der Waals surface area contributed by atoms with Gasteiger partial charge in [-0.1, -0.05) is 28.8 Å². The monoisotopic (exact) mass is 283 g/mol. The highest BCUT2D eigenvalue weighted by atomic mass is 79.9. The van der Waals surface area contributed by atoms with Gasteiger partial charge in [0, 0.05) is 30.3 Å². The Morgan fingerprint density at radius 2 is 2.12 bits per heavy atom. The second-order valence-electron chi connectivity index (χ2n) is 4.32. The van der Waals surface area contributed by atoms with E-state index in [1.807, 2.05) is 6.92 Å². The molecule has 1 unspecified atom stereocenters. The second-order valence-corrected chi connectivity index (χ2v) is 4.96. The van der Waals surface area contributed by atoms with Crippen molar-refractivity contribution in [3.63, 3.8) is 0 Å². The summed E-state index contributed by atoms with van der Waals surface area (Å²) in [5.41, 5.74) is 1.04. The molecule has 3 nitrogen and oxygen atoms in total. The summed E-state index contributed by atoms with van der Waals surface area (Å²) in [7, 11) is 0. The Hall–Kier alpha value is -0.640. The lowest BCUT2D eigenvalue weighted by atomic mass is 10.1. The topological polar surface area (TPSA) is 29.0 Å². The molecule has 88 valence electrons. The first-order valence-electron chi connectivity index (χ1n) is 5.93. The summed E-state index contributed by atoms with van der Waals surface area (Å²) in [6.45, 7) is 3.15. The van der Waals surface area contributed by atoms with Gasteiger partial charge in [0.25, 0.3) is 0 Å². The fourth-order valence-electron chi connectivity index (χ4n) is 2.30. The molecule has 1 aliphatic rings. The van der Waals surface area contributed by atoms with Crippen molar-refractivity contribution in [2.24, 2.45) is 0 Å². The Balaban J connectivity index is 2.25. The van der Waals surface area contributed by atoms with Gasteiger partial charge in [-0.25, -0.2) is 4.98 Å². The van der Waals surface area contributed by atoms with Gasteiger partial charge in [0.2, 0.25) is 0 Å². The molecule has 2 rings (SSSR count). The third-order valence-electron chi connectivity index (χ3n) is 3.18. The molecule has 0 amide bonds. The maximum absolute atomic E-state index is 4.48. The molecule has 1 atom stereocenters. The minimum atomic E-state index is 0.567. The lowest BCUT2D eigenvalue weighted by Crippen LogP contribution is -2.37. The molecule has 0 aromatic carbocycles. The Morgan fingerprint density at radius 3 is 2.88 bits per heavy atom. The highest BCUT2D eigenvalue weighted by Crippen LogP contribution is 2.24. The van der Waals surface area contributed by atoms with Crippen LogP contribution < -0.4 is 4.90 Å². The third-order valence-corrected chi connectivity index (χ3v) is 3.93. The van der Waals surface area contributed by atoms with Crippen LogP contribution in [-0.4, -0.2) is 27.9 Å². The Labute approximate surface area is 105 Å². The first kappa shape index (κ1) is 11.8. The van der Waals surface area contributed by atoms with Gasteiger partial charge in [-0.2, -0.15) is 0 Å². The number of hydrogen-bond donors (Lipinski definition) is 0. The number of nitrogens with zero attached hydrogens (tertiary/aromatic N) is 3. The van der Waals surface area contributed by atoms with E-state index in [4.69, 9.17) is 0 Å². The standard InChI is InChI=1S/C12H18BrN3/c1-10-12(15-7-6-14-10)16-8-4-2-3-5-11(16)9-13/h6-7,11H,2-5,8-9H2,1H3. The van der Waals surface area contributed by atoms with Crippen molar-refractivity contribution in [1.82, 2.24) is 9.97 Å². The predicted molar refractivity (Wildman–Crippen MR) is 70.2 cm³/mol. The summed E-state index contributed by atoms with van der Waals surface area (Å²) in [5, 5.41) is 1.02. The first-order valence-corrected chi connectivity index (χ1v) is 7.05. The van der Waals surface area contributed by atoms with Gasteiger partial charge in [0.1, 0.15) is 5.82 Å². The van der Waals surface area contributed by atoms with E-state index < -0.39 is 0 Å². The molecule has 2 heterocycles. The van der Waals surface area contributed by atoms with Gasteiger partial charge >= 0.3 is 0 Å². The van der Waals surface area contributed by atoms with Gasteiger partial charge in [-0.15, -0.1) is 0 Å². The smallest absolute Gasteiger partial charge is 0.150 e. The highest BCUT2D eigenvalue weighted by molar-refractivity contribution is 9.09. The van der Waals surface area contributed by atoms with E-state index in [1.165, 1.54) is 25.7 Å². The van der Waals surface area contributed by atoms with Crippen LogP contribution in [0.5, 0.6) is 0 Å². The minimum absolute atomic E-state index is 0.567. The van der Waals surface area contributed by atoms with Crippen molar-refractivity contribution in [3.8, 4) is 0 Å². The molecule has 0 radical (unpaired) electrons. The van der Waals surface area contributed by atoms with E-state index in [-0.39, 0.29) is 0 Å². The lowest BCUT2D eigenvalue weighted by Gasteiger charge is -2.30. The molecule has 4 heteroatoms. The van der Waals surface area contributed by atoms with Gasteiger partial charge in [0.15, 0.2) is 0 Å². The fourth-order valence-corrected chi connectivity index (χ4v) is 2.97. The van der Waals surface area contributed by atoms with E-state index in [1.54, 1.807) is 12.4 Å². The molecule has 0 aliphatic carbocycles. The molecule has 1 fully saturated rings. The quantitative estimate of drug-likeness (QED) is 0.782. The third kappa shape index (κ3) is 2.54. The van der Waals surface area contributed by atoms with Crippen LogP contribution in [0, 0.1) is 6.92 Å². The number of rotatable bonds is 2.